The number of rotatable bonds is 2. The summed E-state index contributed by atoms with van der Waals surface area (Å²) in [6.45, 7) is 0. The molecule has 0 aliphatic carbocycles. The van der Waals surface area contributed by atoms with E-state index in [-0.39, 0.29) is 5.75 Å². The number of hydrogen-bond acceptors (Lipinski definition) is 3. The Morgan fingerprint density at radius 3 is 2.50 bits per heavy atom. The average Bonchev–Trinajstić information content (AvgIpc) is 2.65. The first kappa shape index (κ1) is 13.2. The number of ether oxygens (including phenoxy) is 1. The van der Waals surface area contributed by atoms with Crippen LogP contribution in [0.3, 0.4) is 0 Å². The molecule has 0 aliphatic heterocycles. The zero-order valence-electron chi connectivity index (χ0n) is 8.79. The highest BCUT2D eigenvalue weighted by Crippen LogP contribution is 2.41. The van der Waals surface area contributed by atoms with E-state index in [2.05, 4.69) is 20.7 Å². The smallest absolute Gasteiger partial charge is 0.405 e. The first-order valence-corrected chi connectivity index (χ1v) is 6.43. The molecule has 2 nitrogen and oxygen atoms in total. The lowest BCUT2D eigenvalue weighted by molar-refractivity contribution is -0.274. The van der Waals surface area contributed by atoms with E-state index in [1.54, 1.807) is 11.4 Å². The first-order chi connectivity index (χ1) is 8.37. The largest absolute Gasteiger partial charge is 0.573 e. The van der Waals surface area contributed by atoms with E-state index in [4.69, 9.17) is 5.73 Å². The minimum Gasteiger partial charge on any atom is -0.405 e. The summed E-state index contributed by atoms with van der Waals surface area (Å²) in [5, 5.41) is 1.76. The summed E-state index contributed by atoms with van der Waals surface area (Å²) in [4.78, 5) is 0.640. The van der Waals surface area contributed by atoms with Crippen molar-refractivity contribution in [3.05, 3.63) is 34.1 Å². The normalized spacial score (nSPS) is 11.6. The third-order valence-corrected chi connectivity index (χ3v) is 3.96. The van der Waals surface area contributed by atoms with E-state index < -0.39 is 6.36 Å². The second-order valence-corrected chi connectivity index (χ2v) is 5.17. The highest BCUT2D eigenvalue weighted by atomic mass is 79.9. The summed E-state index contributed by atoms with van der Waals surface area (Å²) in [6, 6.07) is 5.79. The molecule has 0 amide bonds. The van der Waals surface area contributed by atoms with Crippen molar-refractivity contribution in [2.24, 2.45) is 0 Å². The second-order valence-electron chi connectivity index (χ2n) is 3.40. The van der Waals surface area contributed by atoms with Gasteiger partial charge in [-0.05, 0) is 45.6 Å². The summed E-state index contributed by atoms with van der Waals surface area (Å²) in [5.74, 6) is -0.264. The third kappa shape index (κ3) is 2.97. The van der Waals surface area contributed by atoms with Gasteiger partial charge in [-0.1, -0.05) is 0 Å². The molecule has 1 aromatic carbocycles. The molecular formula is C11H7BrF3NOS. The molecule has 2 rings (SSSR count). The Morgan fingerprint density at radius 2 is 1.94 bits per heavy atom. The molecular weight excluding hydrogens is 331 g/mol. The Labute approximate surface area is 113 Å². The molecule has 0 bridgehead atoms. The SMILES string of the molecule is Nc1ccc(OC(F)(F)F)c(-c2sccc2Br)c1. The molecule has 0 fully saturated rings. The fourth-order valence-electron chi connectivity index (χ4n) is 1.42. The molecule has 1 heterocycles. The summed E-state index contributed by atoms with van der Waals surface area (Å²) < 4.78 is 41.6. The van der Waals surface area contributed by atoms with Crippen molar-refractivity contribution in [2.45, 2.75) is 6.36 Å². The second kappa shape index (κ2) is 4.81. The van der Waals surface area contributed by atoms with E-state index in [0.717, 1.165) is 0 Å². The topological polar surface area (TPSA) is 35.2 Å². The maximum Gasteiger partial charge on any atom is 0.573 e. The van der Waals surface area contributed by atoms with Gasteiger partial charge in [-0.25, -0.2) is 0 Å². The molecule has 0 saturated heterocycles. The van der Waals surface area contributed by atoms with Gasteiger partial charge in [-0.15, -0.1) is 24.5 Å². The number of nitrogen functional groups attached to an aromatic ring is 1. The monoisotopic (exact) mass is 337 g/mol. The fourth-order valence-corrected chi connectivity index (χ4v) is 3.03. The Morgan fingerprint density at radius 1 is 1.22 bits per heavy atom. The van der Waals surface area contributed by atoms with Crippen LogP contribution in [0.1, 0.15) is 0 Å². The van der Waals surface area contributed by atoms with Crippen LogP contribution in [0.15, 0.2) is 34.1 Å². The van der Waals surface area contributed by atoms with E-state index in [9.17, 15) is 13.2 Å². The molecule has 0 radical (unpaired) electrons. The number of benzene rings is 1. The summed E-state index contributed by atoms with van der Waals surface area (Å²) >= 11 is 4.58. The van der Waals surface area contributed by atoms with E-state index >= 15 is 0 Å². The van der Waals surface area contributed by atoms with E-state index in [1.165, 1.54) is 29.5 Å². The number of nitrogens with two attached hydrogens (primary N) is 1. The van der Waals surface area contributed by atoms with Gasteiger partial charge in [-0.2, -0.15) is 0 Å². The molecule has 0 aliphatic rings. The van der Waals surface area contributed by atoms with Gasteiger partial charge >= 0.3 is 6.36 Å². The average molecular weight is 338 g/mol. The van der Waals surface area contributed by atoms with Crippen molar-refractivity contribution in [1.82, 2.24) is 0 Å². The van der Waals surface area contributed by atoms with Crippen molar-refractivity contribution in [2.75, 3.05) is 5.73 Å². The van der Waals surface area contributed by atoms with Crippen molar-refractivity contribution >= 4 is 33.0 Å². The van der Waals surface area contributed by atoms with Crippen LogP contribution < -0.4 is 10.5 Å². The lowest BCUT2D eigenvalue weighted by Gasteiger charge is -2.13. The van der Waals surface area contributed by atoms with Crippen LogP contribution in [0.25, 0.3) is 10.4 Å². The zero-order chi connectivity index (χ0) is 13.3. The Balaban J connectivity index is 2.51. The lowest BCUT2D eigenvalue weighted by atomic mass is 10.1. The van der Waals surface area contributed by atoms with Crippen LogP contribution in [0, 0.1) is 0 Å². The van der Waals surface area contributed by atoms with Gasteiger partial charge < -0.3 is 10.5 Å². The first-order valence-electron chi connectivity index (χ1n) is 4.75. The maximum absolute atomic E-state index is 12.3. The number of anilines is 1. The maximum atomic E-state index is 12.3. The van der Waals surface area contributed by atoms with Gasteiger partial charge in [0.15, 0.2) is 0 Å². The van der Waals surface area contributed by atoms with Crippen LogP contribution in [-0.2, 0) is 0 Å². The molecule has 2 aromatic rings. The van der Waals surface area contributed by atoms with Crippen LogP contribution in [0.2, 0.25) is 0 Å². The van der Waals surface area contributed by atoms with Crippen molar-refractivity contribution in [1.29, 1.82) is 0 Å². The van der Waals surface area contributed by atoms with E-state index in [1.807, 2.05) is 0 Å². The number of halogens is 4. The van der Waals surface area contributed by atoms with Gasteiger partial charge in [0, 0.05) is 15.7 Å². The molecule has 18 heavy (non-hydrogen) atoms. The molecule has 2 N–H and O–H groups in total. The van der Waals surface area contributed by atoms with Gasteiger partial charge in [0.05, 0.1) is 4.88 Å². The van der Waals surface area contributed by atoms with Crippen molar-refractivity contribution in [3.63, 3.8) is 0 Å². The Hall–Kier alpha value is -1.21. The molecule has 1 aromatic heterocycles. The highest BCUT2D eigenvalue weighted by molar-refractivity contribution is 9.10. The molecule has 0 unspecified atom stereocenters. The predicted molar refractivity (Wildman–Crippen MR) is 68.6 cm³/mol. The minimum atomic E-state index is -4.73. The van der Waals surface area contributed by atoms with Gasteiger partial charge in [-0.3, -0.25) is 0 Å². The third-order valence-electron chi connectivity index (χ3n) is 2.09. The molecule has 0 atom stereocenters. The number of alkyl halides is 3. The standard InChI is InChI=1S/C11H7BrF3NOS/c12-8-3-4-18-10(8)7-5-6(16)1-2-9(7)17-11(13,14)15/h1-5H,16H2. The summed E-state index contributed by atoms with van der Waals surface area (Å²) in [7, 11) is 0. The molecule has 0 spiro atoms. The van der Waals surface area contributed by atoms with Crippen LogP contribution in [0.5, 0.6) is 5.75 Å². The summed E-state index contributed by atoms with van der Waals surface area (Å²) in [6.07, 6.45) is -4.73. The lowest BCUT2D eigenvalue weighted by Crippen LogP contribution is -2.17. The highest BCUT2D eigenvalue weighted by Gasteiger charge is 2.32. The van der Waals surface area contributed by atoms with Crippen LogP contribution >= 0.6 is 27.3 Å². The molecule has 96 valence electrons. The molecule has 7 heteroatoms. The fraction of sp³-hybridized carbons (Fsp3) is 0.0909. The number of hydrogen-bond donors (Lipinski definition) is 1. The van der Waals surface area contributed by atoms with E-state index in [0.29, 0.717) is 20.6 Å². The van der Waals surface area contributed by atoms with Crippen molar-refractivity contribution < 1.29 is 17.9 Å². The predicted octanol–water partition coefficient (Wildman–Crippen LogP) is 4.66. The van der Waals surface area contributed by atoms with Crippen molar-refractivity contribution in [3.8, 4) is 16.2 Å². The van der Waals surface area contributed by atoms with Gasteiger partial charge in [0.25, 0.3) is 0 Å². The van der Waals surface area contributed by atoms with Crippen LogP contribution in [-0.4, -0.2) is 6.36 Å². The van der Waals surface area contributed by atoms with Gasteiger partial charge in [0.1, 0.15) is 5.75 Å². The molecule has 0 saturated carbocycles. The summed E-state index contributed by atoms with van der Waals surface area (Å²) in [5.41, 5.74) is 6.29. The van der Waals surface area contributed by atoms with Crippen LogP contribution in [0.4, 0.5) is 18.9 Å². The minimum absolute atomic E-state index is 0.264. The zero-order valence-corrected chi connectivity index (χ0v) is 11.2. The Bertz CT molecular complexity index is 568. The quantitative estimate of drug-likeness (QED) is 0.809. The number of thiophene rings is 1. The van der Waals surface area contributed by atoms with Gasteiger partial charge in [0.2, 0.25) is 0 Å². The Kier molecular flexibility index (Phi) is 3.54.